The Morgan fingerprint density at radius 3 is 3.00 bits per heavy atom. The third-order valence-electron chi connectivity index (χ3n) is 5.27. The summed E-state index contributed by atoms with van der Waals surface area (Å²) in [6, 6.07) is 8.67. The minimum absolute atomic E-state index is 0.247. The van der Waals surface area contributed by atoms with Gasteiger partial charge in [-0.3, -0.25) is 14.4 Å². The first-order valence-electron chi connectivity index (χ1n) is 8.83. The van der Waals surface area contributed by atoms with Crippen molar-refractivity contribution in [1.29, 1.82) is 0 Å². The number of rotatable bonds is 4. The average Bonchev–Trinajstić information content (AvgIpc) is 3.31. The van der Waals surface area contributed by atoms with Crippen LogP contribution in [0.3, 0.4) is 0 Å². The van der Waals surface area contributed by atoms with E-state index in [1.807, 2.05) is 28.9 Å². The lowest BCUT2D eigenvalue weighted by Gasteiger charge is -2.25. The third kappa shape index (κ3) is 2.84. The highest BCUT2D eigenvalue weighted by atomic mass is 16.2. The van der Waals surface area contributed by atoms with Crippen LogP contribution in [-0.4, -0.2) is 40.2 Å². The van der Waals surface area contributed by atoms with Crippen molar-refractivity contribution in [2.24, 2.45) is 7.05 Å². The Morgan fingerprint density at radius 1 is 1.29 bits per heavy atom. The molecule has 5 nitrogen and oxygen atoms in total. The fourth-order valence-corrected chi connectivity index (χ4v) is 4.05. The summed E-state index contributed by atoms with van der Waals surface area (Å²) in [5, 5.41) is 4.29. The number of para-hydroxylation sites is 1. The number of likely N-dealkylation sites (tertiary alicyclic amines) is 1. The van der Waals surface area contributed by atoms with E-state index in [0.717, 1.165) is 38.2 Å². The minimum Gasteiger partial charge on any atom is -0.312 e. The quantitative estimate of drug-likeness (QED) is 0.868. The monoisotopic (exact) mass is 324 g/mol. The zero-order valence-electron chi connectivity index (χ0n) is 14.2. The molecule has 0 aliphatic carbocycles. The Morgan fingerprint density at radius 2 is 2.17 bits per heavy atom. The van der Waals surface area contributed by atoms with Gasteiger partial charge in [0.1, 0.15) is 0 Å². The van der Waals surface area contributed by atoms with Crippen LogP contribution in [0.5, 0.6) is 0 Å². The van der Waals surface area contributed by atoms with E-state index in [9.17, 15) is 4.79 Å². The number of nitrogens with zero attached hydrogens (tertiary/aromatic N) is 4. The van der Waals surface area contributed by atoms with E-state index in [1.54, 1.807) is 0 Å². The van der Waals surface area contributed by atoms with Crippen LogP contribution in [0.25, 0.3) is 0 Å². The molecule has 0 radical (unpaired) electrons. The number of hydrogen-bond donors (Lipinski definition) is 0. The van der Waals surface area contributed by atoms with Gasteiger partial charge in [0.25, 0.3) is 0 Å². The van der Waals surface area contributed by atoms with Crippen LogP contribution in [-0.2, 0) is 18.3 Å². The number of carbonyl (C=O) groups is 1. The first-order valence-corrected chi connectivity index (χ1v) is 8.83. The summed E-state index contributed by atoms with van der Waals surface area (Å²) >= 11 is 0. The Kier molecular flexibility index (Phi) is 4.10. The van der Waals surface area contributed by atoms with Crippen LogP contribution >= 0.6 is 0 Å². The van der Waals surface area contributed by atoms with Crippen LogP contribution in [0.4, 0.5) is 5.69 Å². The van der Waals surface area contributed by atoms with Gasteiger partial charge in [-0.25, -0.2) is 0 Å². The molecule has 1 amide bonds. The van der Waals surface area contributed by atoms with Gasteiger partial charge in [-0.15, -0.1) is 0 Å². The van der Waals surface area contributed by atoms with Gasteiger partial charge in [-0.1, -0.05) is 18.2 Å². The molecular formula is C19H24N4O. The summed E-state index contributed by atoms with van der Waals surface area (Å²) in [4.78, 5) is 17.1. The molecule has 0 spiro atoms. The summed E-state index contributed by atoms with van der Waals surface area (Å²) in [5.41, 5.74) is 3.67. The topological polar surface area (TPSA) is 41.4 Å². The molecule has 24 heavy (non-hydrogen) atoms. The van der Waals surface area contributed by atoms with Gasteiger partial charge in [-0.2, -0.15) is 5.10 Å². The summed E-state index contributed by atoms with van der Waals surface area (Å²) < 4.78 is 1.86. The lowest BCUT2D eigenvalue weighted by Crippen LogP contribution is -2.33. The molecule has 2 aliphatic heterocycles. The van der Waals surface area contributed by atoms with Gasteiger partial charge < -0.3 is 4.90 Å². The molecule has 0 N–H and O–H groups in total. The molecule has 0 saturated carbocycles. The number of amides is 1. The van der Waals surface area contributed by atoms with Crippen molar-refractivity contribution < 1.29 is 4.79 Å². The number of aromatic nitrogens is 2. The van der Waals surface area contributed by atoms with E-state index >= 15 is 0 Å². The van der Waals surface area contributed by atoms with E-state index < -0.39 is 0 Å². The van der Waals surface area contributed by atoms with Crippen molar-refractivity contribution in [1.82, 2.24) is 14.7 Å². The Bertz CT molecular complexity index is 738. The molecule has 5 heteroatoms. The molecule has 3 heterocycles. The predicted molar refractivity (Wildman–Crippen MR) is 93.9 cm³/mol. The van der Waals surface area contributed by atoms with Gasteiger partial charge >= 0.3 is 0 Å². The zero-order chi connectivity index (χ0) is 16.5. The maximum atomic E-state index is 12.7. The van der Waals surface area contributed by atoms with Crippen molar-refractivity contribution in [2.75, 3.05) is 24.5 Å². The molecule has 1 fully saturated rings. The van der Waals surface area contributed by atoms with Crippen molar-refractivity contribution >= 4 is 11.6 Å². The average molecular weight is 324 g/mol. The van der Waals surface area contributed by atoms with Crippen LogP contribution in [0, 0.1) is 0 Å². The number of carbonyl (C=O) groups excluding carboxylic acids is 1. The highest BCUT2D eigenvalue weighted by molar-refractivity contribution is 5.95. The molecule has 1 atom stereocenters. The first kappa shape index (κ1) is 15.4. The Balaban J connectivity index is 1.39. The molecular weight excluding hydrogens is 300 g/mol. The maximum absolute atomic E-state index is 12.7. The number of aryl methyl sites for hydroxylation is 1. The van der Waals surface area contributed by atoms with Gasteiger partial charge in [0.2, 0.25) is 5.91 Å². The van der Waals surface area contributed by atoms with E-state index in [1.165, 1.54) is 17.5 Å². The van der Waals surface area contributed by atoms with Gasteiger partial charge in [0.05, 0.1) is 6.20 Å². The molecule has 2 aromatic rings. The van der Waals surface area contributed by atoms with Gasteiger partial charge in [0.15, 0.2) is 0 Å². The highest BCUT2D eigenvalue weighted by Gasteiger charge is 2.29. The van der Waals surface area contributed by atoms with E-state index in [2.05, 4.69) is 34.4 Å². The summed E-state index contributed by atoms with van der Waals surface area (Å²) in [6.07, 6.45) is 7.98. The summed E-state index contributed by atoms with van der Waals surface area (Å²) in [7, 11) is 1.96. The van der Waals surface area contributed by atoms with E-state index in [-0.39, 0.29) is 5.91 Å². The lowest BCUT2D eigenvalue weighted by molar-refractivity contribution is -0.118. The number of fused-ring (bicyclic) bond motifs is 1. The highest BCUT2D eigenvalue weighted by Crippen LogP contribution is 2.32. The van der Waals surface area contributed by atoms with Crippen LogP contribution in [0.1, 0.15) is 36.4 Å². The fourth-order valence-electron chi connectivity index (χ4n) is 4.05. The normalized spacial score (nSPS) is 20.5. The maximum Gasteiger partial charge on any atom is 0.228 e. The second-order valence-corrected chi connectivity index (χ2v) is 6.82. The fraction of sp³-hybridized carbons (Fsp3) is 0.474. The molecule has 1 saturated heterocycles. The smallest absolute Gasteiger partial charge is 0.228 e. The van der Waals surface area contributed by atoms with Gasteiger partial charge in [0, 0.05) is 50.0 Å². The van der Waals surface area contributed by atoms with E-state index in [4.69, 9.17) is 0 Å². The second-order valence-electron chi connectivity index (χ2n) is 6.82. The molecule has 126 valence electrons. The zero-order valence-corrected chi connectivity index (χ0v) is 14.2. The molecule has 1 aromatic carbocycles. The molecule has 0 bridgehead atoms. The molecule has 4 rings (SSSR count). The first-order chi connectivity index (χ1) is 11.7. The predicted octanol–water partition coefficient (Wildman–Crippen LogP) is 2.54. The Labute approximate surface area is 142 Å². The number of anilines is 1. The van der Waals surface area contributed by atoms with Crippen molar-refractivity contribution in [3.63, 3.8) is 0 Å². The van der Waals surface area contributed by atoms with Gasteiger partial charge in [-0.05, 0) is 37.4 Å². The third-order valence-corrected chi connectivity index (χ3v) is 5.27. The minimum atomic E-state index is 0.247. The molecule has 1 unspecified atom stereocenters. The van der Waals surface area contributed by atoms with Crippen LogP contribution < -0.4 is 4.90 Å². The second kappa shape index (κ2) is 6.40. The Hall–Kier alpha value is -2.14. The van der Waals surface area contributed by atoms with Crippen LogP contribution in [0.2, 0.25) is 0 Å². The molecule has 2 aliphatic rings. The summed E-state index contributed by atoms with van der Waals surface area (Å²) in [6.45, 7) is 2.73. The lowest BCUT2D eigenvalue weighted by atomic mass is 10.1. The standard InChI is InChI=1S/C19H24N4O/c1-21-14-16(13-20-21)17-7-4-10-22(17)11-9-19(24)23-12-8-15-5-2-3-6-18(15)23/h2-3,5-6,13-14,17H,4,7-12H2,1H3. The summed E-state index contributed by atoms with van der Waals surface area (Å²) in [5.74, 6) is 0.247. The van der Waals surface area contributed by atoms with Crippen LogP contribution in [0.15, 0.2) is 36.7 Å². The van der Waals surface area contributed by atoms with Crippen molar-refractivity contribution in [2.45, 2.75) is 31.7 Å². The SMILES string of the molecule is Cn1cc(C2CCCN2CCC(=O)N2CCc3ccccc32)cn1. The number of hydrogen-bond acceptors (Lipinski definition) is 3. The van der Waals surface area contributed by atoms with E-state index in [0.29, 0.717) is 12.5 Å². The van der Waals surface area contributed by atoms with Crippen molar-refractivity contribution in [3.05, 3.63) is 47.8 Å². The number of benzene rings is 1. The molecule has 1 aromatic heterocycles. The largest absolute Gasteiger partial charge is 0.312 e. The van der Waals surface area contributed by atoms with Crippen molar-refractivity contribution in [3.8, 4) is 0 Å².